The topological polar surface area (TPSA) is 51.8 Å². The fraction of sp³-hybridized carbons (Fsp3) is 0. The number of nitrogens with zero attached hydrogens (tertiary/aromatic N) is 3. The summed E-state index contributed by atoms with van der Waals surface area (Å²) >= 11 is 0. The van der Waals surface area contributed by atoms with E-state index in [0.29, 0.717) is 17.5 Å². The van der Waals surface area contributed by atoms with Gasteiger partial charge in [0.05, 0.1) is 0 Å². The molecule has 0 aliphatic heterocycles. The molecule has 0 aliphatic carbocycles. The lowest BCUT2D eigenvalue weighted by Crippen LogP contribution is -2.55. The van der Waals surface area contributed by atoms with E-state index in [9.17, 15) is 0 Å². The molecule has 60 heavy (non-hydrogen) atoms. The fourth-order valence-electron chi connectivity index (χ4n) is 9.21. The molecule has 9 aromatic rings. The second kappa shape index (κ2) is 15.3. The van der Waals surface area contributed by atoms with Gasteiger partial charge >= 0.3 is 0 Å². The smallest absolute Gasteiger partial charge is 0.164 e. The van der Waals surface area contributed by atoms with Gasteiger partial charge in [0.1, 0.15) is 97.5 Å². The highest BCUT2D eigenvalue weighted by molar-refractivity contribution is 6.71. The molecule has 0 bridgehead atoms. The summed E-state index contributed by atoms with van der Waals surface area (Å²) in [5.74, 6) is 1.88. The van der Waals surface area contributed by atoms with E-state index in [-0.39, 0.29) is 0 Å². The van der Waals surface area contributed by atoms with Crippen LogP contribution in [-0.2, 0) is 0 Å². The van der Waals surface area contributed by atoms with Crippen LogP contribution in [0.15, 0.2) is 114 Å². The third-order valence-corrected chi connectivity index (χ3v) is 13.7. The SMILES string of the molecule is Bc1c(B)c(B)c(-c2c(B)c(B)c(-c3nc(-c4ccc(-c5ccccc5)cc4)nc(-c4ccc(-c5ccccc5)cc4)n3)c3c2oc2c(B)c(B)c(B)c(B)c23)c(B)c1B. The minimum Gasteiger partial charge on any atom is -0.456 e. The van der Waals surface area contributed by atoms with Crippen LogP contribution in [0.5, 0.6) is 0 Å². The zero-order chi connectivity index (χ0) is 42.1. The Morgan fingerprint density at radius 3 is 1.10 bits per heavy atom. The Morgan fingerprint density at radius 2 is 0.617 bits per heavy atom. The molecule has 0 saturated carbocycles. The molecule has 0 fully saturated rings. The van der Waals surface area contributed by atoms with Crippen molar-refractivity contribution in [3.63, 3.8) is 0 Å². The maximum Gasteiger partial charge on any atom is 0.164 e. The number of hydrogen-bond donors (Lipinski definition) is 0. The van der Waals surface area contributed by atoms with Crippen LogP contribution in [0.4, 0.5) is 0 Å². The summed E-state index contributed by atoms with van der Waals surface area (Å²) in [6, 6.07) is 38.1. The van der Waals surface area contributed by atoms with Crippen LogP contribution in [0.2, 0.25) is 0 Å². The zero-order valence-corrected chi connectivity index (χ0v) is 36.6. The molecule has 0 unspecified atom stereocenters. The minimum atomic E-state index is 0.625. The molecule has 4 nitrogen and oxygen atoms in total. The van der Waals surface area contributed by atoms with Crippen LogP contribution in [0.3, 0.4) is 0 Å². The molecule has 0 aliphatic rings. The molecule has 0 amide bonds. The number of rotatable bonds is 6. The third-order valence-electron chi connectivity index (χ3n) is 13.7. The lowest BCUT2D eigenvalue weighted by molar-refractivity contribution is 0.673. The highest BCUT2D eigenvalue weighted by Crippen LogP contribution is 2.38. The van der Waals surface area contributed by atoms with Gasteiger partial charge in [-0.2, -0.15) is 0 Å². The number of fused-ring (bicyclic) bond motifs is 3. The molecule has 9 rings (SSSR count). The maximum absolute atomic E-state index is 7.27. The van der Waals surface area contributed by atoms with Gasteiger partial charge in [-0.25, -0.2) is 15.0 Å². The second-order valence-electron chi connectivity index (χ2n) is 16.7. The van der Waals surface area contributed by atoms with E-state index in [0.717, 1.165) is 71.7 Å². The fourth-order valence-corrected chi connectivity index (χ4v) is 9.21. The van der Waals surface area contributed by atoms with Crippen molar-refractivity contribution >= 4 is 168 Å². The lowest BCUT2D eigenvalue weighted by Gasteiger charge is -2.24. The molecular weight excluding hydrogens is 717 g/mol. The second-order valence-corrected chi connectivity index (χ2v) is 16.7. The van der Waals surface area contributed by atoms with Crippen molar-refractivity contribution in [3.8, 4) is 67.5 Å². The normalized spacial score (nSPS) is 11.4. The van der Waals surface area contributed by atoms with Gasteiger partial charge in [0.25, 0.3) is 0 Å². The first kappa shape index (κ1) is 39.5. The molecule has 2 aromatic heterocycles. The molecule has 0 atom stereocenters. The highest BCUT2D eigenvalue weighted by Gasteiger charge is 2.29. The van der Waals surface area contributed by atoms with Gasteiger partial charge in [-0.3, -0.25) is 0 Å². The molecule has 15 heteroatoms. The van der Waals surface area contributed by atoms with Crippen LogP contribution in [-0.4, -0.2) is 101 Å². The van der Waals surface area contributed by atoms with Crippen molar-refractivity contribution in [3.05, 3.63) is 109 Å². The molecule has 0 radical (unpaired) electrons. The third kappa shape index (κ3) is 6.36. The first-order chi connectivity index (χ1) is 28.8. The van der Waals surface area contributed by atoms with Crippen molar-refractivity contribution in [1.29, 1.82) is 0 Å². The standard InChI is InChI=1S/C45H40B11N3O/c46-30-26(31(47)36(52)38(54)35(30)51)28-32(48)34(50)29(25-27-33(49)37(53)39(55)40(56)42(27)60-41(25)28)45-58-43(23-15-11-21(12-16-23)19-7-3-1-4-8-19)57-44(59-45)24-17-13-22(14-18-24)20-9-5-2-6-10-20/h1-18H,46-56H2. The van der Waals surface area contributed by atoms with Gasteiger partial charge in [-0.05, 0) is 27.8 Å². The van der Waals surface area contributed by atoms with Crippen molar-refractivity contribution in [2.24, 2.45) is 0 Å². The minimum absolute atomic E-state index is 0.625. The van der Waals surface area contributed by atoms with Crippen LogP contribution in [0, 0.1) is 0 Å². The molecule has 0 N–H and O–H groups in total. The molecule has 2 heterocycles. The Bertz CT molecular complexity index is 3060. The van der Waals surface area contributed by atoms with Crippen LogP contribution in [0.1, 0.15) is 0 Å². The van der Waals surface area contributed by atoms with Crippen LogP contribution >= 0.6 is 0 Å². The summed E-state index contributed by atoms with van der Waals surface area (Å²) in [6.07, 6.45) is 0. The van der Waals surface area contributed by atoms with E-state index in [2.05, 4.69) is 183 Å². The van der Waals surface area contributed by atoms with E-state index >= 15 is 0 Å². The molecular formula is C45H40B11N3O. The van der Waals surface area contributed by atoms with E-state index in [1.165, 1.54) is 60.4 Å². The van der Waals surface area contributed by atoms with Gasteiger partial charge in [0, 0.05) is 33.0 Å². The van der Waals surface area contributed by atoms with Gasteiger partial charge < -0.3 is 4.42 Å². The molecule has 0 spiro atoms. The van der Waals surface area contributed by atoms with Crippen molar-refractivity contribution < 1.29 is 4.42 Å². The van der Waals surface area contributed by atoms with Crippen molar-refractivity contribution in [2.45, 2.75) is 0 Å². The quantitative estimate of drug-likeness (QED) is 0.159. The Labute approximate surface area is 362 Å². The van der Waals surface area contributed by atoms with Gasteiger partial charge in [0.2, 0.25) is 0 Å². The van der Waals surface area contributed by atoms with Gasteiger partial charge in [-0.1, -0.05) is 147 Å². The summed E-state index contributed by atoms with van der Waals surface area (Å²) in [4.78, 5) is 16.0. The predicted octanol–water partition coefficient (Wildman–Crippen LogP) is -7.38. The average Bonchev–Trinajstić information content (AvgIpc) is 3.68. The molecule has 7 aromatic carbocycles. The number of aromatic nitrogens is 3. The summed E-state index contributed by atoms with van der Waals surface area (Å²) in [5.41, 5.74) is 25.4. The first-order valence-corrected chi connectivity index (χ1v) is 21.0. The summed E-state index contributed by atoms with van der Waals surface area (Å²) in [6.45, 7) is 0. The monoisotopic (exact) mass is 759 g/mol. The van der Waals surface area contributed by atoms with Crippen molar-refractivity contribution in [1.82, 2.24) is 15.0 Å². The number of benzene rings is 7. The van der Waals surface area contributed by atoms with Gasteiger partial charge in [0.15, 0.2) is 17.5 Å². The Balaban J connectivity index is 1.37. The van der Waals surface area contributed by atoms with Crippen LogP contribution in [0.25, 0.3) is 89.5 Å². The highest BCUT2D eigenvalue weighted by atomic mass is 16.3. The van der Waals surface area contributed by atoms with E-state index in [1.807, 2.05) is 12.1 Å². The summed E-state index contributed by atoms with van der Waals surface area (Å²) < 4.78 is 7.27. The largest absolute Gasteiger partial charge is 0.456 e. The number of hydrogen-bond acceptors (Lipinski definition) is 4. The van der Waals surface area contributed by atoms with Crippen molar-refractivity contribution in [2.75, 3.05) is 0 Å². The average molecular weight is 758 g/mol. The Hall–Kier alpha value is -5.94. The van der Waals surface area contributed by atoms with Crippen LogP contribution < -0.4 is 60.1 Å². The first-order valence-electron chi connectivity index (χ1n) is 21.0. The Kier molecular flexibility index (Phi) is 10.1. The molecule has 274 valence electrons. The van der Waals surface area contributed by atoms with E-state index < -0.39 is 0 Å². The number of furan rings is 1. The predicted molar refractivity (Wildman–Crippen MR) is 290 cm³/mol. The zero-order valence-electron chi connectivity index (χ0n) is 36.6. The van der Waals surface area contributed by atoms with E-state index in [1.54, 1.807) is 0 Å². The lowest BCUT2D eigenvalue weighted by atomic mass is 9.58. The van der Waals surface area contributed by atoms with E-state index in [4.69, 9.17) is 19.4 Å². The maximum atomic E-state index is 7.27. The molecule has 0 saturated heterocycles. The summed E-state index contributed by atoms with van der Waals surface area (Å²) in [5, 5.41) is 2.19. The van der Waals surface area contributed by atoms with Gasteiger partial charge in [-0.15, -0.1) is 21.9 Å². The Morgan fingerprint density at radius 1 is 0.267 bits per heavy atom. The summed E-state index contributed by atoms with van der Waals surface area (Å²) in [7, 11) is 24.6.